The van der Waals surface area contributed by atoms with Gasteiger partial charge in [0.15, 0.2) is 0 Å². The second-order valence-corrected chi connectivity index (χ2v) is 5.80. The van der Waals surface area contributed by atoms with Crippen LogP contribution >= 0.6 is 11.3 Å². The van der Waals surface area contributed by atoms with Gasteiger partial charge in [0.05, 0.1) is 6.04 Å². The molecule has 17 heavy (non-hydrogen) atoms. The number of thiazole rings is 1. The molecule has 1 aliphatic heterocycles. The van der Waals surface area contributed by atoms with Gasteiger partial charge in [0.1, 0.15) is 5.01 Å². The first-order valence-corrected chi connectivity index (χ1v) is 7.45. The highest BCUT2D eigenvalue weighted by molar-refractivity contribution is 7.09. The second kappa shape index (κ2) is 5.94. The van der Waals surface area contributed by atoms with E-state index in [0.29, 0.717) is 6.04 Å². The molecular weight excluding hydrogens is 230 g/mol. The lowest BCUT2D eigenvalue weighted by Crippen LogP contribution is -2.29. The zero-order valence-electron chi connectivity index (χ0n) is 11.1. The highest BCUT2D eigenvalue weighted by Gasteiger charge is 2.35. The Bertz CT molecular complexity index is 336. The molecule has 0 saturated carbocycles. The summed E-state index contributed by atoms with van der Waals surface area (Å²) in [6.45, 7) is 7.87. The van der Waals surface area contributed by atoms with Crippen LogP contribution in [0.25, 0.3) is 0 Å². The van der Waals surface area contributed by atoms with E-state index in [0.717, 1.165) is 18.2 Å². The predicted octanol–water partition coefficient (Wildman–Crippen LogP) is 2.44. The topological polar surface area (TPSA) is 28.2 Å². The van der Waals surface area contributed by atoms with Crippen LogP contribution in [0.3, 0.4) is 0 Å². The molecule has 1 fully saturated rings. The number of hydrogen-bond acceptors (Lipinski definition) is 4. The molecule has 1 aromatic heterocycles. The lowest BCUT2D eigenvalue weighted by atomic mass is 10.0. The Hall–Kier alpha value is -0.450. The maximum absolute atomic E-state index is 4.71. The third kappa shape index (κ3) is 2.87. The minimum absolute atomic E-state index is 0.543. The Balaban J connectivity index is 2.16. The maximum Gasteiger partial charge on any atom is 0.110 e. The van der Waals surface area contributed by atoms with Gasteiger partial charge in [-0.05, 0) is 52.4 Å². The van der Waals surface area contributed by atoms with Gasteiger partial charge in [-0.25, -0.2) is 4.98 Å². The lowest BCUT2D eigenvalue weighted by molar-refractivity contribution is 0.227. The number of aryl methyl sites for hydroxylation is 1. The van der Waals surface area contributed by atoms with Gasteiger partial charge < -0.3 is 5.32 Å². The number of aromatic nitrogens is 1. The van der Waals surface area contributed by atoms with Crippen molar-refractivity contribution in [3.05, 3.63) is 16.1 Å². The van der Waals surface area contributed by atoms with E-state index in [4.69, 9.17) is 4.98 Å². The van der Waals surface area contributed by atoms with E-state index < -0.39 is 0 Å². The van der Waals surface area contributed by atoms with Gasteiger partial charge in [-0.2, -0.15) is 0 Å². The standard InChI is InChI=1S/C13H23N3S/c1-4-6-16-7-5-11(8-14-3)12(16)13-15-10(2)9-17-13/h9,11-12,14H,4-8H2,1-3H3. The smallest absolute Gasteiger partial charge is 0.110 e. The van der Waals surface area contributed by atoms with E-state index in [2.05, 4.69) is 29.4 Å². The summed E-state index contributed by atoms with van der Waals surface area (Å²) in [5.74, 6) is 0.720. The van der Waals surface area contributed by atoms with Crippen LogP contribution in [-0.2, 0) is 0 Å². The summed E-state index contributed by atoms with van der Waals surface area (Å²) >= 11 is 1.83. The molecule has 2 heterocycles. The van der Waals surface area contributed by atoms with E-state index >= 15 is 0 Å². The van der Waals surface area contributed by atoms with Crippen LogP contribution in [0.2, 0.25) is 0 Å². The predicted molar refractivity (Wildman–Crippen MR) is 73.5 cm³/mol. The van der Waals surface area contributed by atoms with Gasteiger partial charge in [-0.15, -0.1) is 11.3 Å². The van der Waals surface area contributed by atoms with Gasteiger partial charge >= 0.3 is 0 Å². The van der Waals surface area contributed by atoms with Gasteiger partial charge in [0.25, 0.3) is 0 Å². The van der Waals surface area contributed by atoms with E-state index in [1.165, 1.54) is 30.9 Å². The fourth-order valence-electron chi connectivity index (χ4n) is 2.81. The average molecular weight is 253 g/mol. The van der Waals surface area contributed by atoms with Gasteiger partial charge in [-0.1, -0.05) is 6.92 Å². The summed E-state index contributed by atoms with van der Waals surface area (Å²) in [6, 6.07) is 0.543. The molecule has 2 rings (SSSR count). The largest absolute Gasteiger partial charge is 0.319 e. The Morgan fingerprint density at radius 1 is 1.59 bits per heavy atom. The Kier molecular flexibility index (Phi) is 4.54. The Labute approximate surface area is 108 Å². The molecule has 2 atom stereocenters. The van der Waals surface area contributed by atoms with Crippen LogP contribution in [-0.4, -0.2) is 36.6 Å². The monoisotopic (exact) mass is 253 g/mol. The van der Waals surface area contributed by atoms with E-state index in [1.807, 2.05) is 18.4 Å². The molecule has 4 heteroatoms. The van der Waals surface area contributed by atoms with Crippen LogP contribution in [0.4, 0.5) is 0 Å². The molecule has 0 radical (unpaired) electrons. The normalized spacial score (nSPS) is 25.6. The molecule has 2 unspecified atom stereocenters. The van der Waals surface area contributed by atoms with Gasteiger partial charge in [-0.3, -0.25) is 4.90 Å². The molecule has 1 aliphatic rings. The number of nitrogens with one attached hydrogen (secondary N) is 1. The van der Waals surface area contributed by atoms with Crippen LogP contribution in [0.5, 0.6) is 0 Å². The number of rotatable bonds is 5. The van der Waals surface area contributed by atoms with Crippen molar-refractivity contribution >= 4 is 11.3 Å². The molecule has 0 bridgehead atoms. The minimum atomic E-state index is 0.543. The summed E-state index contributed by atoms with van der Waals surface area (Å²) in [5, 5.41) is 6.82. The van der Waals surface area contributed by atoms with Crippen molar-refractivity contribution in [1.29, 1.82) is 0 Å². The van der Waals surface area contributed by atoms with E-state index in [-0.39, 0.29) is 0 Å². The van der Waals surface area contributed by atoms with Crippen molar-refractivity contribution in [2.45, 2.75) is 32.7 Å². The molecule has 3 nitrogen and oxygen atoms in total. The second-order valence-electron chi connectivity index (χ2n) is 4.91. The maximum atomic E-state index is 4.71. The summed E-state index contributed by atoms with van der Waals surface area (Å²) in [5.41, 5.74) is 1.16. The third-order valence-electron chi connectivity index (χ3n) is 3.49. The fourth-order valence-corrected chi connectivity index (χ4v) is 3.83. The quantitative estimate of drug-likeness (QED) is 0.873. The van der Waals surface area contributed by atoms with Gasteiger partial charge in [0.2, 0.25) is 0 Å². The summed E-state index contributed by atoms with van der Waals surface area (Å²) in [4.78, 5) is 7.32. The molecule has 0 amide bonds. The third-order valence-corrected chi connectivity index (χ3v) is 4.53. The van der Waals surface area contributed by atoms with Crippen molar-refractivity contribution in [1.82, 2.24) is 15.2 Å². The highest BCUT2D eigenvalue weighted by Crippen LogP contribution is 2.38. The van der Waals surface area contributed by atoms with Crippen LogP contribution in [0, 0.1) is 12.8 Å². The molecule has 0 aromatic carbocycles. The number of hydrogen-bond donors (Lipinski definition) is 1. The van der Waals surface area contributed by atoms with Crippen LogP contribution in [0.15, 0.2) is 5.38 Å². The molecule has 1 aromatic rings. The molecule has 96 valence electrons. The van der Waals surface area contributed by atoms with E-state index in [1.54, 1.807) is 0 Å². The SMILES string of the molecule is CCCN1CCC(CNC)C1c1nc(C)cs1. The van der Waals surface area contributed by atoms with Crippen molar-refractivity contribution in [2.75, 3.05) is 26.7 Å². The van der Waals surface area contributed by atoms with Crippen molar-refractivity contribution < 1.29 is 0 Å². The molecule has 1 N–H and O–H groups in total. The van der Waals surface area contributed by atoms with Gasteiger partial charge in [0, 0.05) is 11.1 Å². The fraction of sp³-hybridized carbons (Fsp3) is 0.769. The van der Waals surface area contributed by atoms with Crippen molar-refractivity contribution in [3.8, 4) is 0 Å². The lowest BCUT2D eigenvalue weighted by Gasteiger charge is -2.26. The van der Waals surface area contributed by atoms with E-state index in [9.17, 15) is 0 Å². The number of likely N-dealkylation sites (tertiary alicyclic amines) is 1. The molecule has 0 aliphatic carbocycles. The van der Waals surface area contributed by atoms with Crippen molar-refractivity contribution in [3.63, 3.8) is 0 Å². The molecule has 0 spiro atoms. The highest BCUT2D eigenvalue weighted by atomic mass is 32.1. The first kappa shape index (κ1) is 13.0. The minimum Gasteiger partial charge on any atom is -0.319 e. The summed E-state index contributed by atoms with van der Waals surface area (Å²) in [7, 11) is 2.05. The zero-order chi connectivity index (χ0) is 12.3. The molecular formula is C13H23N3S. The van der Waals surface area contributed by atoms with Crippen LogP contribution < -0.4 is 5.32 Å². The zero-order valence-corrected chi connectivity index (χ0v) is 11.9. The van der Waals surface area contributed by atoms with Crippen LogP contribution in [0.1, 0.15) is 36.5 Å². The van der Waals surface area contributed by atoms with Crippen molar-refractivity contribution in [2.24, 2.45) is 5.92 Å². The number of nitrogens with zero attached hydrogens (tertiary/aromatic N) is 2. The first-order valence-electron chi connectivity index (χ1n) is 6.57. The Morgan fingerprint density at radius 2 is 2.41 bits per heavy atom. The summed E-state index contributed by atoms with van der Waals surface area (Å²) < 4.78 is 0. The average Bonchev–Trinajstić information content (AvgIpc) is 2.87. The summed E-state index contributed by atoms with van der Waals surface area (Å²) in [6.07, 6.45) is 2.53. The molecule has 1 saturated heterocycles. The first-order chi connectivity index (χ1) is 8.26. The Morgan fingerprint density at radius 3 is 3.00 bits per heavy atom.